The van der Waals surface area contributed by atoms with Gasteiger partial charge in [-0.2, -0.15) is 0 Å². The highest BCUT2D eigenvalue weighted by atomic mass is 32.2. The van der Waals surface area contributed by atoms with Gasteiger partial charge < -0.3 is 16.0 Å². The molecule has 9 heteroatoms. The number of benzene rings is 1. The van der Waals surface area contributed by atoms with Gasteiger partial charge in [-0.05, 0) is 24.7 Å². The highest BCUT2D eigenvalue weighted by molar-refractivity contribution is 7.89. The average Bonchev–Trinajstić information content (AvgIpc) is 2.49. The van der Waals surface area contributed by atoms with Gasteiger partial charge in [-0.1, -0.05) is 12.1 Å². The zero-order valence-corrected chi connectivity index (χ0v) is 13.3. The number of rotatable bonds is 7. The number of hydrogen-bond acceptors (Lipinski definition) is 4. The highest BCUT2D eigenvalue weighted by Gasteiger charge is 2.10. The summed E-state index contributed by atoms with van der Waals surface area (Å²) < 4.78 is 25.3. The van der Waals surface area contributed by atoms with Crippen molar-refractivity contribution in [3.8, 4) is 0 Å². The molecule has 0 aromatic heterocycles. The van der Waals surface area contributed by atoms with E-state index >= 15 is 0 Å². The van der Waals surface area contributed by atoms with Gasteiger partial charge in [-0.3, -0.25) is 4.79 Å². The smallest absolute Gasteiger partial charge is 0.315 e. The first kappa shape index (κ1) is 17.9. The molecule has 3 amide bonds. The molecule has 1 rings (SSSR count). The van der Waals surface area contributed by atoms with Crippen LogP contribution in [-0.4, -0.2) is 40.5 Å². The van der Waals surface area contributed by atoms with Crippen molar-refractivity contribution < 1.29 is 18.0 Å². The summed E-state index contributed by atoms with van der Waals surface area (Å²) in [4.78, 5) is 22.3. The Morgan fingerprint density at radius 2 is 1.59 bits per heavy atom. The normalized spacial score (nSPS) is 10.8. The van der Waals surface area contributed by atoms with Crippen LogP contribution in [0.15, 0.2) is 29.2 Å². The molecule has 0 radical (unpaired) electrons. The van der Waals surface area contributed by atoms with Crippen LogP contribution in [-0.2, 0) is 21.4 Å². The molecule has 0 bridgehead atoms. The molecule has 22 heavy (non-hydrogen) atoms. The van der Waals surface area contributed by atoms with E-state index < -0.39 is 10.0 Å². The van der Waals surface area contributed by atoms with Crippen LogP contribution in [0.25, 0.3) is 0 Å². The van der Waals surface area contributed by atoms with Gasteiger partial charge in [-0.15, -0.1) is 0 Å². The molecule has 0 atom stereocenters. The van der Waals surface area contributed by atoms with Crippen molar-refractivity contribution in [3.63, 3.8) is 0 Å². The Bertz CT molecular complexity index is 613. The molecule has 122 valence electrons. The van der Waals surface area contributed by atoms with E-state index in [-0.39, 0.29) is 23.4 Å². The van der Waals surface area contributed by atoms with Gasteiger partial charge in [0.15, 0.2) is 0 Å². The third kappa shape index (κ3) is 6.10. The predicted molar refractivity (Wildman–Crippen MR) is 81.6 cm³/mol. The predicted octanol–water partition coefficient (Wildman–Crippen LogP) is -0.470. The minimum Gasteiger partial charge on any atom is -0.355 e. The number of urea groups is 1. The summed E-state index contributed by atoms with van der Waals surface area (Å²) in [6.07, 6.45) is 0. The van der Waals surface area contributed by atoms with E-state index in [1.54, 1.807) is 12.1 Å². The summed E-state index contributed by atoms with van der Waals surface area (Å²) >= 11 is 0. The largest absolute Gasteiger partial charge is 0.355 e. The molecule has 0 unspecified atom stereocenters. The number of sulfonamides is 1. The number of carbonyl (C=O) groups is 2. The summed E-state index contributed by atoms with van der Waals surface area (Å²) in [6, 6.07) is 5.83. The lowest BCUT2D eigenvalue weighted by molar-refractivity contribution is -0.118. The number of hydrogen-bond donors (Lipinski definition) is 4. The molecule has 1 aromatic carbocycles. The van der Waals surface area contributed by atoms with Crippen LogP contribution in [0.4, 0.5) is 4.79 Å². The fraction of sp³-hybridized carbons (Fsp3) is 0.385. The van der Waals surface area contributed by atoms with E-state index in [2.05, 4.69) is 20.7 Å². The van der Waals surface area contributed by atoms with Crippen LogP contribution in [0.2, 0.25) is 0 Å². The fourth-order valence-electron chi connectivity index (χ4n) is 1.56. The van der Waals surface area contributed by atoms with Crippen LogP contribution >= 0.6 is 0 Å². The van der Waals surface area contributed by atoms with Gasteiger partial charge >= 0.3 is 6.03 Å². The molecule has 0 heterocycles. The molecule has 0 aliphatic carbocycles. The van der Waals surface area contributed by atoms with E-state index in [0.717, 1.165) is 5.56 Å². The Balaban J connectivity index is 2.39. The first-order chi connectivity index (χ1) is 10.3. The Hall–Kier alpha value is -2.13. The number of nitrogens with one attached hydrogen (secondary N) is 4. The minimum atomic E-state index is -3.45. The van der Waals surface area contributed by atoms with Crippen LogP contribution in [0.3, 0.4) is 0 Å². The lowest BCUT2D eigenvalue weighted by atomic mass is 10.2. The fourth-order valence-corrected chi connectivity index (χ4v) is 2.29. The molecule has 0 spiro atoms. The summed E-state index contributed by atoms with van der Waals surface area (Å²) in [7, 11) is -2.11. The highest BCUT2D eigenvalue weighted by Crippen LogP contribution is 2.09. The van der Waals surface area contributed by atoms with Crippen molar-refractivity contribution in [2.24, 2.45) is 0 Å². The Morgan fingerprint density at radius 3 is 2.14 bits per heavy atom. The van der Waals surface area contributed by atoms with E-state index in [1.165, 1.54) is 26.1 Å². The second-order valence-corrected chi connectivity index (χ2v) is 6.33. The van der Waals surface area contributed by atoms with Crippen LogP contribution in [0.1, 0.15) is 12.5 Å². The summed E-state index contributed by atoms with van der Waals surface area (Å²) in [5.74, 6) is -0.154. The first-order valence-electron chi connectivity index (χ1n) is 6.64. The Labute approximate surface area is 129 Å². The maximum Gasteiger partial charge on any atom is 0.315 e. The Kier molecular flexibility index (Phi) is 6.80. The molecular formula is C13H20N4O4S. The van der Waals surface area contributed by atoms with E-state index in [4.69, 9.17) is 0 Å². The SMILES string of the molecule is CNS(=O)(=O)c1ccc(CNC(=O)NCCNC(C)=O)cc1. The third-order valence-electron chi connectivity index (χ3n) is 2.74. The van der Waals surface area contributed by atoms with Crippen molar-refractivity contribution >= 4 is 22.0 Å². The molecule has 0 aliphatic heterocycles. The van der Waals surface area contributed by atoms with Crippen molar-refractivity contribution in [3.05, 3.63) is 29.8 Å². The summed E-state index contributed by atoms with van der Waals surface area (Å²) in [5.41, 5.74) is 0.770. The Morgan fingerprint density at radius 1 is 1.00 bits per heavy atom. The second kappa shape index (κ2) is 8.35. The topological polar surface area (TPSA) is 116 Å². The lowest BCUT2D eigenvalue weighted by Crippen LogP contribution is -2.39. The van der Waals surface area contributed by atoms with E-state index in [0.29, 0.717) is 13.1 Å². The molecule has 1 aromatic rings. The molecule has 8 nitrogen and oxygen atoms in total. The van der Waals surface area contributed by atoms with Gasteiger partial charge in [0.05, 0.1) is 4.90 Å². The van der Waals surface area contributed by atoms with E-state index in [1.807, 2.05) is 0 Å². The number of amides is 3. The van der Waals surface area contributed by atoms with E-state index in [9.17, 15) is 18.0 Å². The quantitative estimate of drug-likeness (QED) is 0.506. The van der Waals surface area contributed by atoms with Crippen molar-refractivity contribution in [1.82, 2.24) is 20.7 Å². The molecule has 0 saturated carbocycles. The van der Waals surface area contributed by atoms with Crippen molar-refractivity contribution in [2.75, 3.05) is 20.1 Å². The zero-order valence-electron chi connectivity index (χ0n) is 12.5. The van der Waals surface area contributed by atoms with Gasteiger partial charge in [0.1, 0.15) is 0 Å². The minimum absolute atomic E-state index is 0.154. The summed E-state index contributed by atoms with van der Waals surface area (Å²) in [5, 5.41) is 7.77. The third-order valence-corrected chi connectivity index (χ3v) is 4.17. The lowest BCUT2D eigenvalue weighted by Gasteiger charge is -2.08. The first-order valence-corrected chi connectivity index (χ1v) is 8.12. The van der Waals surface area contributed by atoms with Crippen LogP contribution < -0.4 is 20.7 Å². The van der Waals surface area contributed by atoms with Gasteiger partial charge in [-0.25, -0.2) is 17.9 Å². The summed E-state index contributed by atoms with van der Waals surface area (Å²) in [6.45, 7) is 2.36. The average molecular weight is 328 g/mol. The molecular weight excluding hydrogens is 308 g/mol. The van der Waals surface area contributed by atoms with Crippen molar-refractivity contribution in [1.29, 1.82) is 0 Å². The van der Waals surface area contributed by atoms with Crippen LogP contribution in [0, 0.1) is 0 Å². The van der Waals surface area contributed by atoms with Crippen LogP contribution in [0.5, 0.6) is 0 Å². The number of carbonyl (C=O) groups excluding carboxylic acids is 2. The second-order valence-electron chi connectivity index (χ2n) is 4.44. The zero-order chi connectivity index (χ0) is 16.6. The van der Waals surface area contributed by atoms with Crippen molar-refractivity contribution in [2.45, 2.75) is 18.4 Å². The maximum absolute atomic E-state index is 11.6. The standard InChI is InChI=1S/C13H20N4O4S/c1-10(18)15-7-8-16-13(19)17-9-11-3-5-12(6-4-11)22(20,21)14-2/h3-6,14H,7-9H2,1-2H3,(H,15,18)(H2,16,17,19). The monoisotopic (exact) mass is 328 g/mol. The maximum atomic E-state index is 11.6. The molecule has 0 fully saturated rings. The molecule has 4 N–H and O–H groups in total. The van der Waals surface area contributed by atoms with Gasteiger partial charge in [0, 0.05) is 26.6 Å². The van der Waals surface area contributed by atoms with Gasteiger partial charge in [0.2, 0.25) is 15.9 Å². The molecule has 0 aliphatic rings. The van der Waals surface area contributed by atoms with Gasteiger partial charge in [0.25, 0.3) is 0 Å². The molecule has 0 saturated heterocycles.